The Bertz CT molecular complexity index is 607. The molecular weight excluding hydrogens is 317 g/mol. The third kappa shape index (κ3) is 3.25. The van der Waals surface area contributed by atoms with Gasteiger partial charge in [0.2, 0.25) is 0 Å². The van der Waals surface area contributed by atoms with Gasteiger partial charge in [-0.3, -0.25) is 15.1 Å². The van der Waals surface area contributed by atoms with Crippen molar-refractivity contribution in [2.75, 3.05) is 5.32 Å². The number of halogens is 2. The third-order valence-corrected chi connectivity index (χ3v) is 3.05. The van der Waals surface area contributed by atoms with Gasteiger partial charge in [-0.2, -0.15) is 0 Å². The molecular formula is C12H9BrFN3O2. The van der Waals surface area contributed by atoms with Crippen LogP contribution in [0.2, 0.25) is 0 Å². The molecule has 1 N–H and O–H groups in total. The van der Waals surface area contributed by atoms with E-state index in [-0.39, 0.29) is 15.8 Å². The van der Waals surface area contributed by atoms with Gasteiger partial charge >= 0.3 is 0 Å². The quantitative estimate of drug-likeness (QED) is 0.690. The largest absolute Gasteiger partial charge is 0.375 e. The average molecular weight is 326 g/mol. The first kappa shape index (κ1) is 13.4. The van der Waals surface area contributed by atoms with Gasteiger partial charge in [-0.05, 0) is 27.6 Å². The van der Waals surface area contributed by atoms with E-state index in [0.29, 0.717) is 6.54 Å². The molecule has 2 rings (SSSR count). The minimum atomic E-state index is -0.560. The van der Waals surface area contributed by atoms with E-state index >= 15 is 0 Å². The summed E-state index contributed by atoms with van der Waals surface area (Å²) in [7, 11) is 0. The van der Waals surface area contributed by atoms with E-state index < -0.39 is 10.7 Å². The van der Waals surface area contributed by atoms with E-state index in [1.165, 1.54) is 0 Å². The van der Waals surface area contributed by atoms with E-state index in [2.05, 4.69) is 26.2 Å². The zero-order chi connectivity index (χ0) is 13.8. The van der Waals surface area contributed by atoms with Crippen LogP contribution in [0.25, 0.3) is 0 Å². The van der Waals surface area contributed by atoms with Crippen LogP contribution >= 0.6 is 15.9 Å². The fourth-order valence-corrected chi connectivity index (χ4v) is 1.86. The third-order valence-electron chi connectivity index (χ3n) is 2.44. The Morgan fingerprint density at radius 1 is 1.47 bits per heavy atom. The molecule has 0 aliphatic rings. The molecule has 0 aliphatic heterocycles. The first-order chi connectivity index (χ1) is 9.08. The van der Waals surface area contributed by atoms with E-state index in [0.717, 1.165) is 17.7 Å². The summed E-state index contributed by atoms with van der Waals surface area (Å²) in [6, 6.07) is 5.81. The predicted octanol–water partition coefficient (Wildman–Crippen LogP) is 3.50. The number of hydrogen-bond acceptors (Lipinski definition) is 4. The van der Waals surface area contributed by atoms with Crippen molar-refractivity contribution in [1.82, 2.24) is 4.98 Å². The number of nitro benzene ring substituents is 1. The molecule has 7 heteroatoms. The molecule has 0 spiro atoms. The molecule has 0 unspecified atom stereocenters. The maximum absolute atomic E-state index is 13.4. The lowest BCUT2D eigenvalue weighted by molar-refractivity contribution is -0.384. The number of nitrogens with one attached hydrogen (secondary N) is 1. The monoisotopic (exact) mass is 325 g/mol. The van der Waals surface area contributed by atoms with Crippen LogP contribution < -0.4 is 5.32 Å². The second-order valence-electron chi connectivity index (χ2n) is 3.76. The lowest BCUT2D eigenvalue weighted by atomic mass is 10.2. The first-order valence-corrected chi connectivity index (χ1v) is 6.13. The van der Waals surface area contributed by atoms with Gasteiger partial charge in [0.05, 0.1) is 9.40 Å². The standard InChI is InChI=1S/C12H9BrFN3O2/c13-9-4-12(17(18)19)11(5-10(9)14)16-7-8-2-1-3-15-6-8/h1-6,16H,7H2. The lowest BCUT2D eigenvalue weighted by Gasteiger charge is -2.08. The second-order valence-corrected chi connectivity index (χ2v) is 4.61. The van der Waals surface area contributed by atoms with Crippen molar-refractivity contribution >= 4 is 27.3 Å². The maximum atomic E-state index is 13.4. The smallest absolute Gasteiger partial charge is 0.293 e. The van der Waals surface area contributed by atoms with Gasteiger partial charge in [0.1, 0.15) is 11.5 Å². The lowest BCUT2D eigenvalue weighted by Crippen LogP contribution is -2.03. The van der Waals surface area contributed by atoms with Crippen molar-refractivity contribution in [1.29, 1.82) is 0 Å². The molecule has 0 radical (unpaired) electrons. The Kier molecular flexibility index (Phi) is 4.06. The van der Waals surface area contributed by atoms with Crippen molar-refractivity contribution < 1.29 is 9.31 Å². The molecule has 2 aromatic rings. The summed E-state index contributed by atoms with van der Waals surface area (Å²) in [5.74, 6) is -0.556. The first-order valence-electron chi connectivity index (χ1n) is 5.34. The molecule has 0 amide bonds. The number of rotatable bonds is 4. The highest BCUT2D eigenvalue weighted by Crippen LogP contribution is 2.30. The van der Waals surface area contributed by atoms with Gasteiger partial charge in [0.15, 0.2) is 0 Å². The van der Waals surface area contributed by atoms with Gasteiger partial charge in [-0.15, -0.1) is 0 Å². The Labute approximate surface area is 116 Å². The number of nitro groups is 1. The SMILES string of the molecule is O=[N+]([O-])c1cc(Br)c(F)cc1NCc1cccnc1. The maximum Gasteiger partial charge on any atom is 0.293 e. The fourth-order valence-electron chi connectivity index (χ4n) is 1.53. The minimum Gasteiger partial charge on any atom is -0.375 e. The van der Waals surface area contributed by atoms with Gasteiger partial charge < -0.3 is 5.32 Å². The van der Waals surface area contributed by atoms with Gasteiger partial charge in [-0.1, -0.05) is 6.07 Å². The number of nitrogens with zero attached hydrogens (tertiary/aromatic N) is 2. The van der Waals surface area contributed by atoms with E-state index in [9.17, 15) is 14.5 Å². The van der Waals surface area contributed by atoms with Gasteiger partial charge in [0, 0.05) is 31.1 Å². The fraction of sp³-hybridized carbons (Fsp3) is 0.0833. The summed E-state index contributed by atoms with van der Waals surface area (Å²) in [5.41, 5.74) is 0.798. The van der Waals surface area contributed by atoms with Crippen molar-refractivity contribution in [3.05, 3.63) is 62.6 Å². The predicted molar refractivity (Wildman–Crippen MR) is 72.3 cm³/mol. The van der Waals surface area contributed by atoms with Crippen LogP contribution in [0.15, 0.2) is 41.1 Å². The number of anilines is 1. The highest BCUT2D eigenvalue weighted by Gasteiger charge is 2.17. The normalized spacial score (nSPS) is 10.2. The van der Waals surface area contributed by atoms with Crippen molar-refractivity contribution in [2.24, 2.45) is 0 Å². The van der Waals surface area contributed by atoms with Crippen molar-refractivity contribution in [3.63, 3.8) is 0 Å². The summed E-state index contributed by atoms with van der Waals surface area (Å²) in [4.78, 5) is 14.3. The van der Waals surface area contributed by atoms with Gasteiger partial charge in [0.25, 0.3) is 5.69 Å². The molecule has 1 aromatic heterocycles. The Balaban J connectivity index is 2.24. The van der Waals surface area contributed by atoms with Crippen molar-refractivity contribution in [3.8, 4) is 0 Å². The van der Waals surface area contributed by atoms with E-state index in [4.69, 9.17) is 0 Å². The Morgan fingerprint density at radius 3 is 2.89 bits per heavy atom. The number of benzene rings is 1. The molecule has 5 nitrogen and oxygen atoms in total. The molecule has 0 atom stereocenters. The molecule has 0 bridgehead atoms. The number of pyridine rings is 1. The molecule has 1 aromatic carbocycles. The van der Waals surface area contributed by atoms with E-state index in [1.54, 1.807) is 18.5 Å². The highest BCUT2D eigenvalue weighted by molar-refractivity contribution is 9.10. The van der Waals surface area contributed by atoms with Crippen LogP contribution in [-0.2, 0) is 6.54 Å². The molecule has 19 heavy (non-hydrogen) atoms. The minimum absolute atomic E-state index is 0.0612. The molecule has 0 aliphatic carbocycles. The zero-order valence-electron chi connectivity index (χ0n) is 9.64. The number of hydrogen-bond donors (Lipinski definition) is 1. The summed E-state index contributed by atoms with van der Waals surface area (Å²) < 4.78 is 13.5. The molecule has 98 valence electrons. The summed E-state index contributed by atoms with van der Waals surface area (Å²) in [6.07, 6.45) is 3.26. The van der Waals surface area contributed by atoms with Crippen molar-refractivity contribution in [2.45, 2.75) is 6.54 Å². The van der Waals surface area contributed by atoms with Crippen LogP contribution in [-0.4, -0.2) is 9.91 Å². The second kappa shape index (κ2) is 5.75. The topological polar surface area (TPSA) is 68.1 Å². The van der Waals surface area contributed by atoms with Crippen LogP contribution in [0.1, 0.15) is 5.56 Å². The molecule has 0 fully saturated rings. The molecule has 0 saturated carbocycles. The Hall–Kier alpha value is -2.02. The molecule has 1 heterocycles. The zero-order valence-corrected chi connectivity index (χ0v) is 11.2. The average Bonchev–Trinajstić information content (AvgIpc) is 2.40. The summed E-state index contributed by atoms with van der Waals surface area (Å²) in [6.45, 7) is 0.329. The molecule has 0 saturated heterocycles. The Morgan fingerprint density at radius 2 is 2.26 bits per heavy atom. The van der Waals surface area contributed by atoms with Crippen LogP contribution in [0.5, 0.6) is 0 Å². The van der Waals surface area contributed by atoms with Crippen LogP contribution in [0.3, 0.4) is 0 Å². The van der Waals surface area contributed by atoms with E-state index in [1.807, 2.05) is 6.07 Å². The van der Waals surface area contributed by atoms with Crippen LogP contribution in [0.4, 0.5) is 15.8 Å². The van der Waals surface area contributed by atoms with Gasteiger partial charge in [-0.25, -0.2) is 4.39 Å². The highest BCUT2D eigenvalue weighted by atomic mass is 79.9. The van der Waals surface area contributed by atoms with Crippen LogP contribution in [0, 0.1) is 15.9 Å². The number of aromatic nitrogens is 1. The summed E-state index contributed by atoms with van der Waals surface area (Å²) in [5, 5.41) is 13.7. The summed E-state index contributed by atoms with van der Waals surface area (Å²) >= 11 is 2.93.